The number of allylic oxidation sites excluding steroid dienone is 1. The molecule has 3 aromatic rings. The van der Waals surface area contributed by atoms with Crippen molar-refractivity contribution in [3.63, 3.8) is 0 Å². The average Bonchev–Trinajstić information content (AvgIpc) is 3.18. The second-order valence-corrected chi connectivity index (χ2v) is 8.36. The maximum Gasteiger partial charge on any atom is 0.251 e. The summed E-state index contributed by atoms with van der Waals surface area (Å²) < 4.78 is 7.06. The number of nitrogens with one attached hydrogen (secondary N) is 2. The van der Waals surface area contributed by atoms with Gasteiger partial charge < -0.3 is 19.9 Å². The summed E-state index contributed by atoms with van der Waals surface area (Å²) in [6, 6.07) is 12.3. The summed E-state index contributed by atoms with van der Waals surface area (Å²) in [6.45, 7) is 6.29. The minimum absolute atomic E-state index is 0.0977. The Morgan fingerprint density at radius 2 is 2.03 bits per heavy atom. The first-order chi connectivity index (χ1) is 15.9. The number of carbonyl (C=O) groups is 2. The molecule has 0 bridgehead atoms. The van der Waals surface area contributed by atoms with Gasteiger partial charge in [0.2, 0.25) is 5.91 Å². The van der Waals surface area contributed by atoms with Crippen molar-refractivity contribution in [2.75, 3.05) is 18.2 Å². The topological polar surface area (TPSA) is 98.1 Å². The van der Waals surface area contributed by atoms with Gasteiger partial charge in [-0.15, -0.1) is 16.8 Å². The fraction of sp³-hybridized carbons (Fsp3) is 0.217. The van der Waals surface area contributed by atoms with Crippen molar-refractivity contribution in [3.8, 4) is 5.75 Å². The Morgan fingerprint density at radius 3 is 2.76 bits per heavy atom. The van der Waals surface area contributed by atoms with E-state index < -0.39 is 0 Å². The minimum atomic E-state index is -0.247. The van der Waals surface area contributed by atoms with Crippen LogP contribution in [0.25, 0.3) is 0 Å². The monoisotopic (exact) mass is 485 g/mol. The number of aryl methyl sites for hydroxylation is 1. The first-order valence-corrected chi connectivity index (χ1v) is 11.4. The molecule has 33 heavy (non-hydrogen) atoms. The molecule has 2 amide bonds. The fourth-order valence-electron chi connectivity index (χ4n) is 3.05. The van der Waals surface area contributed by atoms with Gasteiger partial charge in [0.1, 0.15) is 5.75 Å². The molecule has 0 spiro atoms. The second kappa shape index (κ2) is 11.5. The number of anilines is 1. The van der Waals surface area contributed by atoms with Gasteiger partial charge in [-0.3, -0.25) is 9.59 Å². The molecule has 0 aliphatic rings. The highest BCUT2D eigenvalue weighted by Crippen LogP contribution is 2.28. The molecule has 0 fully saturated rings. The Hall–Kier alpha value is -3.30. The minimum Gasteiger partial charge on any atom is -0.495 e. The summed E-state index contributed by atoms with van der Waals surface area (Å²) in [5, 5.41) is 15.1. The van der Waals surface area contributed by atoms with Gasteiger partial charge in [0, 0.05) is 17.1 Å². The zero-order valence-electron chi connectivity index (χ0n) is 18.3. The molecular weight excluding hydrogens is 462 g/mol. The van der Waals surface area contributed by atoms with Crippen molar-refractivity contribution in [3.05, 3.63) is 77.1 Å². The van der Waals surface area contributed by atoms with Crippen molar-refractivity contribution < 1.29 is 14.3 Å². The first kappa shape index (κ1) is 24.3. The van der Waals surface area contributed by atoms with E-state index in [4.69, 9.17) is 16.3 Å². The van der Waals surface area contributed by atoms with Gasteiger partial charge in [-0.2, -0.15) is 0 Å². The molecule has 8 nitrogen and oxygen atoms in total. The van der Waals surface area contributed by atoms with Crippen LogP contribution >= 0.6 is 23.4 Å². The largest absolute Gasteiger partial charge is 0.495 e. The predicted octanol–water partition coefficient (Wildman–Crippen LogP) is 4.10. The van der Waals surface area contributed by atoms with E-state index in [-0.39, 0.29) is 24.1 Å². The molecule has 0 saturated heterocycles. The lowest BCUT2D eigenvalue weighted by molar-refractivity contribution is -0.113. The van der Waals surface area contributed by atoms with E-state index in [1.54, 1.807) is 30.3 Å². The van der Waals surface area contributed by atoms with Gasteiger partial charge in [0.05, 0.1) is 25.1 Å². The molecule has 2 aromatic carbocycles. The third-order valence-electron chi connectivity index (χ3n) is 4.67. The number of hydrogen-bond acceptors (Lipinski definition) is 6. The normalized spacial score (nSPS) is 10.5. The Bertz CT molecular complexity index is 1160. The van der Waals surface area contributed by atoms with E-state index >= 15 is 0 Å². The number of nitrogens with zero attached hydrogens (tertiary/aromatic N) is 3. The van der Waals surface area contributed by atoms with Crippen LogP contribution in [0.3, 0.4) is 0 Å². The van der Waals surface area contributed by atoms with E-state index in [9.17, 15) is 9.59 Å². The second-order valence-electron chi connectivity index (χ2n) is 6.98. The van der Waals surface area contributed by atoms with Gasteiger partial charge in [-0.25, -0.2) is 0 Å². The van der Waals surface area contributed by atoms with Crippen LogP contribution in [0.2, 0.25) is 5.02 Å². The molecule has 1 heterocycles. The maximum absolute atomic E-state index is 12.5. The van der Waals surface area contributed by atoms with Crippen LogP contribution in [0.5, 0.6) is 5.75 Å². The molecule has 3 rings (SSSR count). The molecule has 0 atom stereocenters. The molecular formula is C23H24ClN5O3S. The van der Waals surface area contributed by atoms with Crippen LogP contribution in [-0.4, -0.2) is 39.4 Å². The Morgan fingerprint density at radius 1 is 1.24 bits per heavy atom. The van der Waals surface area contributed by atoms with Crippen molar-refractivity contribution in [2.24, 2.45) is 0 Å². The van der Waals surface area contributed by atoms with Gasteiger partial charge in [0.25, 0.3) is 5.91 Å². The average molecular weight is 486 g/mol. The zero-order chi connectivity index (χ0) is 23.8. The fourth-order valence-corrected chi connectivity index (χ4v) is 3.98. The summed E-state index contributed by atoms with van der Waals surface area (Å²) >= 11 is 7.24. The quantitative estimate of drug-likeness (QED) is 0.331. The number of aromatic nitrogens is 3. The number of halogens is 1. The number of ether oxygens (including phenoxy) is 1. The molecule has 10 heteroatoms. The van der Waals surface area contributed by atoms with E-state index in [0.29, 0.717) is 39.5 Å². The predicted molar refractivity (Wildman–Crippen MR) is 130 cm³/mol. The van der Waals surface area contributed by atoms with Gasteiger partial charge in [-0.1, -0.05) is 47.6 Å². The van der Waals surface area contributed by atoms with Crippen LogP contribution in [-0.2, 0) is 17.9 Å². The van der Waals surface area contributed by atoms with Gasteiger partial charge >= 0.3 is 0 Å². The lowest BCUT2D eigenvalue weighted by atomic mass is 10.1. The summed E-state index contributed by atoms with van der Waals surface area (Å²) in [5.74, 6) is 0.740. The summed E-state index contributed by atoms with van der Waals surface area (Å²) in [5.41, 5.74) is 1.99. The number of methoxy groups -OCH3 is 1. The highest BCUT2D eigenvalue weighted by molar-refractivity contribution is 7.99. The van der Waals surface area contributed by atoms with Gasteiger partial charge in [-0.05, 0) is 36.8 Å². The first-order valence-electron chi connectivity index (χ1n) is 10.1. The Balaban J connectivity index is 1.64. The Kier molecular flexibility index (Phi) is 8.51. The number of rotatable bonds is 10. The third kappa shape index (κ3) is 6.36. The van der Waals surface area contributed by atoms with Crippen LogP contribution < -0.4 is 15.4 Å². The molecule has 0 saturated carbocycles. The van der Waals surface area contributed by atoms with E-state index in [1.807, 2.05) is 29.7 Å². The van der Waals surface area contributed by atoms with E-state index in [2.05, 4.69) is 27.4 Å². The highest BCUT2D eigenvalue weighted by atomic mass is 35.5. The number of carbonyl (C=O) groups excluding carboxylic acids is 2. The highest BCUT2D eigenvalue weighted by Gasteiger charge is 2.16. The molecule has 2 N–H and O–H groups in total. The van der Waals surface area contributed by atoms with Crippen molar-refractivity contribution in [1.29, 1.82) is 0 Å². The Labute approximate surface area is 201 Å². The lowest BCUT2D eigenvalue weighted by Crippen LogP contribution is -2.25. The van der Waals surface area contributed by atoms with Crippen LogP contribution in [0.4, 0.5) is 5.69 Å². The number of benzene rings is 2. The maximum atomic E-state index is 12.5. The molecule has 0 aliphatic heterocycles. The molecule has 1 aromatic heterocycles. The molecule has 0 unspecified atom stereocenters. The molecule has 0 radical (unpaired) electrons. The molecule has 172 valence electrons. The summed E-state index contributed by atoms with van der Waals surface area (Å²) in [7, 11) is 1.52. The molecule has 0 aliphatic carbocycles. The van der Waals surface area contributed by atoms with Gasteiger partial charge in [0.15, 0.2) is 11.0 Å². The third-order valence-corrected chi connectivity index (χ3v) is 5.87. The summed E-state index contributed by atoms with van der Waals surface area (Å²) in [4.78, 5) is 25.0. The van der Waals surface area contributed by atoms with Crippen molar-refractivity contribution in [1.82, 2.24) is 20.1 Å². The van der Waals surface area contributed by atoms with Crippen LogP contribution in [0.15, 0.2) is 60.3 Å². The van der Waals surface area contributed by atoms with E-state index in [0.717, 1.165) is 5.56 Å². The van der Waals surface area contributed by atoms with Crippen molar-refractivity contribution in [2.45, 2.75) is 25.2 Å². The van der Waals surface area contributed by atoms with Crippen LogP contribution in [0.1, 0.15) is 21.7 Å². The number of thioether (sulfide) groups is 1. The van der Waals surface area contributed by atoms with E-state index in [1.165, 1.54) is 18.9 Å². The van der Waals surface area contributed by atoms with Crippen LogP contribution in [0, 0.1) is 6.92 Å². The zero-order valence-corrected chi connectivity index (χ0v) is 19.9. The van der Waals surface area contributed by atoms with Crippen molar-refractivity contribution >= 4 is 40.9 Å². The number of hydrogen-bond donors (Lipinski definition) is 2. The smallest absolute Gasteiger partial charge is 0.251 e. The summed E-state index contributed by atoms with van der Waals surface area (Å²) in [6.07, 6.45) is 1.71. The SMILES string of the molecule is C=CCn1c(CNC(=O)c2ccccc2C)nnc1SCC(=O)Nc1cc(Cl)ccc1OC. The number of amides is 2. The standard InChI is InChI=1S/C23H24ClN5O3S/c1-4-11-29-20(13-25-22(31)17-8-6-5-7-15(17)2)27-28-23(29)33-14-21(30)26-18-12-16(24)9-10-19(18)32-3/h4-10,12H,1,11,13-14H2,2-3H3,(H,25,31)(H,26,30). The lowest BCUT2D eigenvalue weighted by Gasteiger charge is -2.11.